The van der Waals surface area contributed by atoms with Crippen LogP contribution in [0.4, 0.5) is 0 Å². The summed E-state index contributed by atoms with van der Waals surface area (Å²) in [6.07, 6.45) is 3.37. The van der Waals surface area contributed by atoms with E-state index in [1.807, 2.05) is 30.5 Å². The predicted molar refractivity (Wildman–Crippen MR) is 50.8 cm³/mol. The topological polar surface area (TPSA) is 49.6 Å². The number of aromatic nitrogens is 2. The Morgan fingerprint density at radius 3 is 2.69 bits per heavy atom. The molecule has 3 nitrogen and oxygen atoms in total. The Labute approximate surface area is 76.7 Å². The molecule has 3 heteroatoms. The second kappa shape index (κ2) is 4.83. The van der Waals surface area contributed by atoms with Crippen LogP contribution in [0.2, 0.25) is 0 Å². The van der Waals surface area contributed by atoms with Gasteiger partial charge in [-0.1, -0.05) is 18.2 Å². The molecule has 0 aliphatic rings. The number of para-hydroxylation sites is 1. The molecule has 0 saturated carbocycles. The van der Waals surface area contributed by atoms with Gasteiger partial charge in [-0.2, -0.15) is 5.26 Å². The number of nitrogens with zero attached hydrogens (tertiary/aromatic N) is 3. The van der Waals surface area contributed by atoms with Crippen molar-refractivity contribution in [2.75, 3.05) is 0 Å². The van der Waals surface area contributed by atoms with Crippen LogP contribution in [0.15, 0.2) is 36.8 Å². The van der Waals surface area contributed by atoms with E-state index in [-0.39, 0.29) is 0 Å². The fourth-order valence-electron chi connectivity index (χ4n) is 0.923. The Morgan fingerprint density at radius 2 is 2.00 bits per heavy atom. The molecular formula is C10H9N3. The average molecular weight is 171 g/mol. The molecule has 0 aliphatic heterocycles. The molecule has 13 heavy (non-hydrogen) atoms. The highest BCUT2D eigenvalue weighted by Crippen LogP contribution is 2.06. The van der Waals surface area contributed by atoms with Gasteiger partial charge in [-0.3, -0.25) is 0 Å². The highest BCUT2D eigenvalue weighted by Gasteiger charge is 1.87. The molecule has 0 amide bonds. The normalized spacial score (nSPS) is 8.31. The maximum atomic E-state index is 7.32. The number of nitriles is 1. The molecule has 0 spiro atoms. The van der Waals surface area contributed by atoms with Gasteiger partial charge in [0.15, 0.2) is 0 Å². The van der Waals surface area contributed by atoms with E-state index in [4.69, 9.17) is 5.26 Å². The van der Waals surface area contributed by atoms with Gasteiger partial charge in [0.1, 0.15) is 6.33 Å². The van der Waals surface area contributed by atoms with Crippen molar-refractivity contribution in [3.63, 3.8) is 0 Å². The minimum absolute atomic E-state index is 0.998. The van der Waals surface area contributed by atoms with Gasteiger partial charge in [0.2, 0.25) is 0 Å². The molecule has 2 rings (SSSR count). The Kier molecular flexibility index (Phi) is 3.40. The summed E-state index contributed by atoms with van der Waals surface area (Å²) in [7, 11) is 0. The lowest BCUT2D eigenvalue weighted by Crippen LogP contribution is -1.77. The summed E-state index contributed by atoms with van der Waals surface area (Å²) < 4.78 is 0. The first kappa shape index (κ1) is 9.14. The summed E-state index contributed by atoms with van der Waals surface area (Å²) in [5, 5.41) is 8.41. The lowest BCUT2D eigenvalue weighted by atomic mass is 10.2. The van der Waals surface area contributed by atoms with Gasteiger partial charge in [-0.15, -0.1) is 0 Å². The number of hydrogen-bond acceptors (Lipinski definition) is 3. The van der Waals surface area contributed by atoms with Crippen LogP contribution < -0.4 is 0 Å². The van der Waals surface area contributed by atoms with Crippen LogP contribution in [0.5, 0.6) is 0 Å². The molecule has 64 valence electrons. The van der Waals surface area contributed by atoms with E-state index in [0.717, 1.165) is 10.9 Å². The lowest BCUT2D eigenvalue weighted by Gasteiger charge is -1.90. The molecule has 0 unspecified atom stereocenters. The Bertz CT molecular complexity index is 352. The maximum absolute atomic E-state index is 7.32. The summed E-state index contributed by atoms with van der Waals surface area (Å²) in [5.41, 5.74) is 0.998. The third-order valence-corrected chi connectivity index (χ3v) is 1.41. The summed E-state index contributed by atoms with van der Waals surface area (Å²) in [4.78, 5) is 7.97. The van der Waals surface area contributed by atoms with Crippen LogP contribution in [0, 0.1) is 11.3 Å². The zero-order valence-corrected chi connectivity index (χ0v) is 7.31. The van der Waals surface area contributed by atoms with E-state index in [0.29, 0.717) is 0 Å². The standard InChI is InChI=1S/C8H6N2.C2H3N/c1-2-4-8-7(3-1)5-9-6-10-8;1-2-3/h1-6H;1H3. The highest BCUT2D eigenvalue weighted by molar-refractivity contribution is 5.76. The van der Waals surface area contributed by atoms with E-state index in [1.165, 1.54) is 6.92 Å². The van der Waals surface area contributed by atoms with Gasteiger partial charge in [0, 0.05) is 18.5 Å². The molecule has 0 atom stereocenters. The molecule has 0 bridgehead atoms. The molecular weight excluding hydrogens is 162 g/mol. The second-order valence-corrected chi connectivity index (χ2v) is 2.31. The van der Waals surface area contributed by atoms with Crippen molar-refractivity contribution in [1.82, 2.24) is 9.97 Å². The predicted octanol–water partition coefficient (Wildman–Crippen LogP) is 2.16. The maximum Gasteiger partial charge on any atom is 0.116 e. The van der Waals surface area contributed by atoms with Crippen molar-refractivity contribution in [3.05, 3.63) is 36.8 Å². The van der Waals surface area contributed by atoms with Crippen LogP contribution in [0.1, 0.15) is 6.92 Å². The van der Waals surface area contributed by atoms with Gasteiger partial charge >= 0.3 is 0 Å². The largest absolute Gasteiger partial charge is 0.244 e. The Hall–Kier alpha value is -1.95. The van der Waals surface area contributed by atoms with Crippen LogP contribution in [-0.4, -0.2) is 9.97 Å². The van der Waals surface area contributed by atoms with Crippen molar-refractivity contribution in [3.8, 4) is 6.07 Å². The molecule has 0 saturated heterocycles. The van der Waals surface area contributed by atoms with E-state index in [2.05, 4.69) is 9.97 Å². The minimum Gasteiger partial charge on any atom is -0.244 e. The van der Waals surface area contributed by atoms with Gasteiger partial charge in [0.25, 0.3) is 0 Å². The van der Waals surface area contributed by atoms with E-state index in [1.54, 1.807) is 12.4 Å². The third-order valence-electron chi connectivity index (χ3n) is 1.41. The van der Waals surface area contributed by atoms with Gasteiger partial charge in [-0.25, -0.2) is 9.97 Å². The van der Waals surface area contributed by atoms with Crippen LogP contribution in [0.25, 0.3) is 10.9 Å². The first-order chi connectivity index (χ1) is 6.38. The first-order valence-electron chi connectivity index (χ1n) is 3.84. The molecule has 2 aromatic rings. The molecule has 0 aliphatic carbocycles. The molecule has 0 radical (unpaired) electrons. The summed E-state index contributed by atoms with van der Waals surface area (Å²) in [6, 6.07) is 9.66. The molecule has 0 N–H and O–H groups in total. The lowest BCUT2D eigenvalue weighted by molar-refractivity contribution is 1.22. The SMILES string of the molecule is CC#N.c1ccc2ncncc2c1. The third kappa shape index (κ3) is 2.53. The van der Waals surface area contributed by atoms with E-state index >= 15 is 0 Å². The number of rotatable bonds is 0. The Morgan fingerprint density at radius 1 is 1.31 bits per heavy atom. The number of fused-ring (bicyclic) bond motifs is 1. The molecule has 1 aromatic heterocycles. The first-order valence-corrected chi connectivity index (χ1v) is 3.84. The summed E-state index contributed by atoms with van der Waals surface area (Å²) in [6.45, 7) is 1.43. The molecule has 1 aromatic carbocycles. The van der Waals surface area contributed by atoms with Crippen LogP contribution in [0.3, 0.4) is 0 Å². The van der Waals surface area contributed by atoms with Crippen molar-refractivity contribution in [2.24, 2.45) is 0 Å². The summed E-state index contributed by atoms with van der Waals surface area (Å²) in [5.74, 6) is 0. The second-order valence-electron chi connectivity index (χ2n) is 2.31. The quantitative estimate of drug-likeness (QED) is 0.610. The van der Waals surface area contributed by atoms with Crippen molar-refractivity contribution < 1.29 is 0 Å². The monoisotopic (exact) mass is 171 g/mol. The summed E-state index contributed by atoms with van der Waals surface area (Å²) >= 11 is 0. The minimum atomic E-state index is 0.998. The van der Waals surface area contributed by atoms with Crippen LogP contribution in [-0.2, 0) is 0 Å². The van der Waals surface area contributed by atoms with Gasteiger partial charge < -0.3 is 0 Å². The fraction of sp³-hybridized carbons (Fsp3) is 0.100. The smallest absolute Gasteiger partial charge is 0.116 e. The zero-order chi connectivity index (χ0) is 9.52. The fourth-order valence-corrected chi connectivity index (χ4v) is 0.923. The molecule has 1 heterocycles. The molecule has 0 fully saturated rings. The zero-order valence-electron chi connectivity index (χ0n) is 7.31. The van der Waals surface area contributed by atoms with Crippen LogP contribution >= 0.6 is 0 Å². The van der Waals surface area contributed by atoms with Crippen molar-refractivity contribution in [2.45, 2.75) is 6.92 Å². The highest BCUT2D eigenvalue weighted by atomic mass is 14.8. The van der Waals surface area contributed by atoms with Crippen molar-refractivity contribution in [1.29, 1.82) is 5.26 Å². The number of benzene rings is 1. The number of hydrogen-bond donors (Lipinski definition) is 0. The Balaban J connectivity index is 0.000000251. The van der Waals surface area contributed by atoms with E-state index < -0.39 is 0 Å². The van der Waals surface area contributed by atoms with Gasteiger partial charge in [0.05, 0.1) is 11.6 Å². The van der Waals surface area contributed by atoms with Gasteiger partial charge in [-0.05, 0) is 6.07 Å². The average Bonchev–Trinajstić information content (AvgIpc) is 2.19. The van der Waals surface area contributed by atoms with E-state index in [9.17, 15) is 0 Å². The van der Waals surface area contributed by atoms with Crippen molar-refractivity contribution >= 4 is 10.9 Å².